The van der Waals surface area contributed by atoms with Crippen molar-refractivity contribution in [1.29, 1.82) is 0 Å². The second-order valence-corrected chi connectivity index (χ2v) is 4.78. The quantitative estimate of drug-likeness (QED) is 0.810. The average Bonchev–Trinajstić information content (AvgIpc) is 2.68. The highest BCUT2D eigenvalue weighted by molar-refractivity contribution is 5.74. The number of aromatic nitrogens is 3. The Hall–Kier alpha value is -1.39. The zero-order valence-corrected chi connectivity index (χ0v) is 11.7. The normalized spacial score (nSPS) is 11.8. The van der Waals surface area contributed by atoms with Crippen molar-refractivity contribution in [3.05, 3.63) is 11.6 Å². The van der Waals surface area contributed by atoms with E-state index in [4.69, 9.17) is 0 Å². The fourth-order valence-corrected chi connectivity index (χ4v) is 2.25. The summed E-state index contributed by atoms with van der Waals surface area (Å²) >= 11 is 0. The van der Waals surface area contributed by atoms with Crippen LogP contribution in [0.4, 0.5) is 0 Å². The maximum Gasteiger partial charge on any atom is 0.310 e. The summed E-state index contributed by atoms with van der Waals surface area (Å²) < 4.78 is 2.03. The Balaban J connectivity index is 3.04. The van der Waals surface area contributed by atoms with Crippen LogP contribution in [0.15, 0.2) is 0 Å². The topological polar surface area (TPSA) is 68.0 Å². The van der Waals surface area contributed by atoms with Gasteiger partial charge < -0.3 is 9.67 Å². The molecule has 1 N–H and O–H groups in total. The van der Waals surface area contributed by atoms with Gasteiger partial charge in [0.1, 0.15) is 11.6 Å². The number of carboxylic acid groups (broad SMARTS) is 1. The van der Waals surface area contributed by atoms with E-state index >= 15 is 0 Å². The lowest BCUT2D eigenvalue weighted by atomic mass is 9.79. The van der Waals surface area contributed by atoms with Crippen LogP contribution in [0.5, 0.6) is 0 Å². The van der Waals surface area contributed by atoms with Crippen molar-refractivity contribution in [2.45, 2.75) is 59.9 Å². The Kier molecular flexibility index (Phi) is 4.87. The van der Waals surface area contributed by atoms with Gasteiger partial charge in [-0.3, -0.25) is 4.79 Å². The third-order valence-electron chi connectivity index (χ3n) is 3.76. The van der Waals surface area contributed by atoms with Gasteiger partial charge in [-0.25, -0.2) is 0 Å². The van der Waals surface area contributed by atoms with Crippen molar-refractivity contribution < 1.29 is 9.90 Å². The monoisotopic (exact) mass is 253 g/mol. The summed E-state index contributed by atoms with van der Waals surface area (Å²) in [6.07, 6.45) is 2.66. The van der Waals surface area contributed by atoms with Gasteiger partial charge in [-0.2, -0.15) is 0 Å². The molecule has 0 fully saturated rings. The van der Waals surface area contributed by atoms with Crippen LogP contribution in [0.25, 0.3) is 0 Å². The molecule has 1 heterocycles. The highest BCUT2D eigenvalue weighted by Gasteiger charge is 2.36. The molecule has 0 aliphatic rings. The molecule has 102 valence electrons. The fourth-order valence-electron chi connectivity index (χ4n) is 2.25. The van der Waals surface area contributed by atoms with Gasteiger partial charge in [0.05, 0.1) is 5.41 Å². The third kappa shape index (κ3) is 2.71. The summed E-state index contributed by atoms with van der Waals surface area (Å²) in [7, 11) is 0. The van der Waals surface area contributed by atoms with E-state index in [0.717, 1.165) is 24.6 Å². The van der Waals surface area contributed by atoms with Crippen LogP contribution < -0.4 is 0 Å². The van der Waals surface area contributed by atoms with E-state index in [2.05, 4.69) is 17.1 Å². The van der Waals surface area contributed by atoms with E-state index in [1.54, 1.807) is 0 Å². The SMILES string of the molecule is CCCn1c(C)nnc1CC(CC)(CC)C(=O)O. The first-order valence-corrected chi connectivity index (χ1v) is 6.62. The second-order valence-electron chi connectivity index (χ2n) is 4.78. The van der Waals surface area contributed by atoms with Crippen molar-refractivity contribution in [3.63, 3.8) is 0 Å². The highest BCUT2D eigenvalue weighted by Crippen LogP contribution is 2.31. The number of aryl methyl sites for hydroxylation is 1. The summed E-state index contributed by atoms with van der Waals surface area (Å²) in [6, 6.07) is 0. The average molecular weight is 253 g/mol. The zero-order valence-electron chi connectivity index (χ0n) is 11.7. The zero-order chi connectivity index (χ0) is 13.8. The van der Waals surface area contributed by atoms with Gasteiger partial charge in [0, 0.05) is 13.0 Å². The van der Waals surface area contributed by atoms with Gasteiger partial charge in [0.25, 0.3) is 0 Å². The van der Waals surface area contributed by atoms with Crippen molar-refractivity contribution in [3.8, 4) is 0 Å². The van der Waals surface area contributed by atoms with Crippen LogP contribution in [0.2, 0.25) is 0 Å². The number of carbonyl (C=O) groups is 1. The van der Waals surface area contributed by atoms with Crippen LogP contribution in [0.3, 0.4) is 0 Å². The molecule has 0 amide bonds. The van der Waals surface area contributed by atoms with E-state index < -0.39 is 11.4 Å². The molecule has 0 aliphatic carbocycles. The molecule has 0 bridgehead atoms. The molecular weight excluding hydrogens is 230 g/mol. The minimum absolute atomic E-state index is 0.455. The lowest BCUT2D eigenvalue weighted by Crippen LogP contribution is -2.33. The van der Waals surface area contributed by atoms with Gasteiger partial charge >= 0.3 is 5.97 Å². The first-order chi connectivity index (χ1) is 8.50. The predicted octanol–water partition coefficient (Wildman–Crippen LogP) is 2.43. The molecule has 0 aliphatic heterocycles. The summed E-state index contributed by atoms with van der Waals surface area (Å²) in [5.74, 6) is 0.912. The molecule has 0 aromatic carbocycles. The molecule has 0 unspecified atom stereocenters. The Morgan fingerprint density at radius 2 is 1.89 bits per heavy atom. The Bertz CT molecular complexity index is 408. The van der Waals surface area contributed by atoms with Crippen molar-refractivity contribution in [2.24, 2.45) is 5.41 Å². The summed E-state index contributed by atoms with van der Waals surface area (Å²) in [4.78, 5) is 11.5. The molecule has 1 aromatic rings. The standard InChI is InChI=1S/C13H23N3O2/c1-5-8-16-10(4)14-15-11(16)9-13(6-2,7-3)12(17)18/h5-9H2,1-4H3,(H,17,18). The van der Waals surface area contributed by atoms with Gasteiger partial charge in [0.2, 0.25) is 0 Å². The number of rotatable bonds is 7. The lowest BCUT2D eigenvalue weighted by molar-refractivity contribution is -0.149. The first-order valence-electron chi connectivity index (χ1n) is 6.62. The molecule has 5 heteroatoms. The molecule has 5 nitrogen and oxygen atoms in total. The third-order valence-corrected chi connectivity index (χ3v) is 3.76. The Labute approximate surface area is 108 Å². The van der Waals surface area contributed by atoms with Gasteiger partial charge in [-0.15, -0.1) is 10.2 Å². The number of carboxylic acids is 1. The van der Waals surface area contributed by atoms with E-state index in [9.17, 15) is 9.90 Å². The first kappa shape index (κ1) is 14.7. The van der Waals surface area contributed by atoms with E-state index in [-0.39, 0.29) is 0 Å². The van der Waals surface area contributed by atoms with Crippen molar-refractivity contribution >= 4 is 5.97 Å². The number of hydrogen-bond acceptors (Lipinski definition) is 3. The summed E-state index contributed by atoms with van der Waals surface area (Å²) in [5.41, 5.74) is -0.717. The molecule has 0 atom stereocenters. The molecule has 0 radical (unpaired) electrons. The maximum atomic E-state index is 11.5. The van der Waals surface area contributed by atoms with Gasteiger partial charge in [-0.05, 0) is 26.2 Å². The fraction of sp³-hybridized carbons (Fsp3) is 0.769. The molecule has 1 aromatic heterocycles. The van der Waals surface area contributed by atoms with E-state index in [0.29, 0.717) is 19.3 Å². The van der Waals surface area contributed by atoms with Crippen LogP contribution in [-0.2, 0) is 17.8 Å². The molecular formula is C13H23N3O2. The van der Waals surface area contributed by atoms with Gasteiger partial charge in [-0.1, -0.05) is 20.8 Å². The van der Waals surface area contributed by atoms with Crippen LogP contribution >= 0.6 is 0 Å². The van der Waals surface area contributed by atoms with Crippen molar-refractivity contribution in [1.82, 2.24) is 14.8 Å². The Morgan fingerprint density at radius 3 is 2.33 bits per heavy atom. The molecule has 18 heavy (non-hydrogen) atoms. The minimum Gasteiger partial charge on any atom is -0.481 e. The van der Waals surface area contributed by atoms with E-state index in [1.165, 1.54) is 0 Å². The van der Waals surface area contributed by atoms with E-state index in [1.807, 2.05) is 25.3 Å². The second kappa shape index (κ2) is 5.98. The molecule has 0 spiro atoms. The largest absolute Gasteiger partial charge is 0.481 e. The number of hydrogen-bond donors (Lipinski definition) is 1. The maximum absolute atomic E-state index is 11.5. The molecule has 0 saturated carbocycles. The number of nitrogens with zero attached hydrogens (tertiary/aromatic N) is 3. The van der Waals surface area contributed by atoms with Gasteiger partial charge in [0.15, 0.2) is 0 Å². The summed E-state index contributed by atoms with van der Waals surface area (Å²) in [6.45, 7) is 8.69. The van der Waals surface area contributed by atoms with Crippen LogP contribution in [-0.4, -0.2) is 25.8 Å². The highest BCUT2D eigenvalue weighted by atomic mass is 16.4. The van der Waals surface area contributed by atoms with Crippen LogP contribution in [0, 0.1) is 12.3 Å². The molecule has 1 rings (SSSR count). The Morgan fingerprint density at radius 1 is 1.28 bits per heavy atom. The minimum atomic E-state index is -0.740. The predicted molar refractivity (Wildman–Crippen MR) is 69.4 cm³/mol. The molecule has 0 saturated heterocycles. The summed E-state index contributed by atoms with van der Waals surface area (Å²) in [5, 5.41) is 17.7. The number of aliphatic carboxylic acids is 1. The smallest absolute Gasteiger partial charge is 0.310 e. The van der Waals surface area contributed by atoms with Crippen LogP contribution in [0.1, 0.15) is 51.7 Å². The van der Waals surface area contributed by atoms with Crippen molar-refractivity contribution in [2.75, 3.05) is 0 Å². The lowest BCUT2D eigenvalue weighted by Gasteiger charge is -2.26.